The Bertz CT molecular complexity index is 2710. The summed E-state index contributed by atoms with van der Waals surface area (Å²) in [6.45, 7) is 0. The molecule has 2 aliphatic carbocycles. The molecule has 47 heavy (non-hydrogen) atoms. The van der Waals surface area contributed by atoms with Gasteiger partial charge in [0, 0.05) is 38.2 Å². The van der Waals surface area contributed by atoms with Gasteiger partial charge in [-0.3, -0.25) is 0 Å². The highest BCUT2D eigenvalue weighted by molar-refractivity contribution is 6.23. The Kier molecular flexibility index (Phi) is 5.05. The molecular weight excluding hydrogens is 567 g/mol. The molecule has 0 saturated heterocycles. The van der Waals surface area contributed by atoms with E-state index in [1.807, 2.05) is 0 Å². The smallest absolute Gasteiger partial charge is 0.0620 e. The summed E-state index contributed by atoms with van der Waals surface area (Å²) in [5.74, 6) is 0.443. The lowest BCUT2D eigenvalue weighted by atomic mass is 9.73. The molecule has 0 spiro atoms. The van der Waals surface area contributed by atoms with Gasteiger partial charge in [-0.1, -0.05) is 127 Å². The number of para-hydroxylation sites is 2. The summed E-state index contributed by atoms with van der Waals surface area (Å²) in [6.07, 6.45) is 3.28. The summed E-state index contributed by atoms with van der Waals surface area (Å²) in [5, 5.41) is 5.25. The van der Waals surface area contributed by atoms with Crippen molar-refractivity contribution in [3.63, 3.8) is 0 Å². The van der Waals surface area contributed by atoms with Gasteiger partial charge in [0.05, 0.1) is 16.6 Å². The van der Waals surface area contributed by atoms with Crippen LogP contribution in [0.4, 0.5) is 0 Å². The molecule has 0 saturated carbocycles. The summed E-state index contributed by atoms with van der Waals surface area (Å²) < 4.78 is 2.48. The Morgan fingerprint density at radius 3 is 2.17 bits per heavy atom. The minimum atomic E-state index is 0.443. The molecule has 1 unspecified atom stereocenters. The fraction of sp³-hybridized carbons (Fsp3) is 0.0870. The van der Waals surface area contributed by atoms with Crippen LogP contribution < -0.4 is 0 Å². The maximum atomic E-state index is 3.80. The third-order valence-electron chi connectivity index (χ3n) is 11.0. The number of rotatable bonds is 2. The van der Waals surface area contributed by atoms with Crippen LogP contribution in [0.2, 0.25) is 0 Å². The first-order valence-corrected chi connectivity index (χ1v) is 16.8. The number of hydrogen-bond acceptors (Lipinski definition) is 0. The van der Waals surface area contributed by atoms with E-state index in [0.717, 1.165) is 24.8 Å². The Morgan fingerprint density at radius 1 is 0.511 bits per heavy atom. The van der Waals surface area contributed by atoms with Crippen LogP contribution in [-0.4, -0.2) is 4.40 Å². The molecule has 0 fully saturated rings. The van der Waals surface area contributed by atoms with Crippen molar-refractivity contribution in [2.24, 2.45) is 0 Å². The quantitative estimate of drug-likeness (QED) is 0.187. The summed E-state index contributed by atoms with van der Waals surface area (Å²) >= 11 is 0. The molecule has 9 aromatic rings. The van der Waals surface area contributed by atoms with Crippen LogP contribution in [-0.2, 0) is 12.8 Å². The van der Waals surface area contributed by atoms with Crippen molar-refractivity contribution >= 4 is 38.1 Å². The molecule has 218 valence electrons. The molecule has 7 aromatic carbocycles. The van der Waals surface area contributed by atoms with Crippen LogP contribution in [0.3, 0.4) is 0 Å². The van der Waals surface area contributed by atoms with Gasteiger partial charge in [-0.15, -0.1) is 0 Å². The minimum Gasteiger partial charge on any atom is -0.308 e. The summed E-state index contributed by atoms with van der Waals surface area (Å²) in [4.78, 5) is 0. The summed E-state index contributed by atoms with van der Waals surface area (Å²) in [7, 11) is 0. The van der Waals surface area contributed by atoms with Crippen molar-refractivity contribution in [2.75, 3.05) is 0 Å². The van der Waals surface area contributed by atoms with Gasteiger partial charge in [-0.25, -0.2) is 0 Å². The van der Waals surface area contributed by atoms with Crippen molar-refractivity contribution in [1.82, 2.24) is 4.40 Å². The number of nitrogens with zero attached hydrogens (tertiary/aromatic N) is 1. The Hall–Kier alpha value is -5.84. The molecular formula is C46H29N. The predicted octanol–water partition coefficient (Wildman–Crippen LogP) is 11.7. The topological polar surface area (TPSA) is 4.41 Å². The zero-order valence-electron chi connectivity index (χ0n) is 25.8. The van der Waals surface area contributed by atoms with Crippen molar-refractivity contribution in [1.29, 1.82) is 0 Å². The molecule has 0 bridgehead atoms. The van der Waals surface area contributed by atoms with E-state index < -0.39 is 0 Å². The summed E-state index contributed by atoms with van der Waals surface area (Å²) in [6, 6.07) is 57.1. The van der Waals surface area contributed by atoms with E-state index in [-0.39, 0.29) is 0 Å². The van der Waals surface area contributed by atoms with E-state index >= 15 is 0 Å². The first-order valence-electron chi connectivity index (χ1n) is 16.8. The monoisotopic (exact) mass is 595 g/mol. The fourth-order valence-electron chi connectivity index (χ4n) is 8.94. The van der Waals surface area contributed by atoms with Gasteiger partial charge in [-0.2, -0.15) is 0 Å². The van der Waals surface area contributed by atoms with Gasteiger partial charge in [0.25, 0.3) is 0 Å². The van der Waals surface area contributed by atoms with Gasteiger partial charge in [-0.05, 0) is 87.9 Å². The third-order valence-corrected chi connectivity index (χ3v) is 11.0. The average molecular weight is 596 g/mol. The molecule has 0 aliphatic heterocycles. The Labute approximate surface area is 273 Å². The predicted molar refractivity (Wildman–Crippen MR) is 195 cm³/mol. The molecule has 1 heteroatoms. The molecule has 11 rings (SSSR count). The second-order valence-electron chi connectivity index (χ2n) is 13.4. The Balaban J connectivity index is 1.20. The first-order chi connectivity index (χ1) is 23.3. The highest BCUT2D eigenvalue weighted by Crippen LogP contribution is 2.52. The van der Waals surface area contributed by atoms with Gasteiger partial charge in [0.15, 0.2) is 0 Å². The lowest BCUT2D eigenvalue weighted by molar-refractivity contribution is 0.624. The van der Waals surface area contributed by atoms with E-state index in [0.29, 0.717) is 5.92 Å². The van der Waals surface area contributed by atoms with Gasteiger partial charge >= 0.3 is 0 Å². The summed E-state index contributed by atoms with van der Waals surface area (Å²) in [5.41, 5.74) is 18.3. The van der Waals surface area contributed by atoms with Crippen LogP contribution in [0, 0.1) is 12.1 Å². The van der Waals surface area contributed by atoms with Gasteiger partial charge in [0.2, 0.25) is 0 Å². The van der Waals surface area contributed by atoms with Crippen LogP contribution in [0.5, 0.6) is 0 Å². The Morgan fingerprint density at radius 2 is 1.26 bits per heavy atom. The molecule has 2 aromatic heterocycles. The molecule has 0 amide bonds. The SMILES string of the molecule is c1c(-c2ccc3c4cccc5c6ccccc6n(c3c2)c54)c2c3c(c#1)-c1cc(-c4ccccc4)ccc1CCC3Cc1ccccc1-2. The number of fused-ring (bicyclic) bond motifs is 10. The zero-order chi connectivity index (χ0) is 30.6. The molecule has 1 nitrogen and oxygen atoms in total. The number of hydrogen-bond donors (Lipinski definition) is 0. The molecule has 0 N–H and O–H groups in total. The van der Waals surface area contributed by atoms with E-state index in [9.17, 15) is 0 Å². The normalized spacial score (nSPS) is 15.0. The van der Waals surface area contributed by atoms with Crippen molar-refractivity contribution in [3.05, 3.63) is 162 Å². The van der Waals surface area contributed by atoms with Crippen molar-refractivity contribution in [3.8, 4) is 44.5 Å². The molecule has 1 atom stereocenters. The lowest BCUT2D eigenvalue weighted by Crippen LogP contribution is -2.12. The molecule has 2 aliphatic rings. The van der Waals surface area contributed by atoms with Crippen molar-refractivity contribution < 1.29 is 0 Å². The van der Waals surface area contributed by atoms with Crippen LogP contribution >= 0.6 is 0 Å². The second kappa shape index (κ2) is 9.35. The maximum Gasteiger partial charge on any atom is 0.0620 e. The molecule has 2 heterocycles. The number of benzene rings is 6. The van der Waals surface area contributed by atoms with E-state index in [1.165, 1.54) is 93.7 Å². The second-order valence-corrected chi connectivity index (χ2v) is 13.4. The minimum absolute atomic E-state index is 0.443. The van der Waals surface area contributed by atoms with Crippen LogP contribution in [0.15, 0.2) is 133 Å². The largest absolute Gasteiger partial charge is 0.308 e. The van der Waals surface area contributed by atoms with Gasteiger partial charge < -0.3 is 4.40 Å². The highest BCUT2D eigenvalue weighted by atomic mass is 14.9. The van der Waals surface area contributed by atoms with Crippen LogP contribution in [0.1, 0.15) is 29.0 Å². The number of aryl methyl sites for hydroxylation is 1. The standard InChI is InChI=1S/C46H29N/c1-2-9-28(10-3-1)30-19-17-29-18-20-33-25-31-11-4-5-12-34(31)45-35(23-24-38(44(33)45)41(29)26-30)32-21-22-37-40-15-8-14-39-36-13-6-7-16-42(36)47(46(39)40)43(37)27-32/h1-17,19,21-22,26-27,33H,18,20,25H2. The third kappa shape index (κ3) is 3.45. The average Bonchev–Trinajstić information content (AvgIpc) is 3.60. The van der Waals surface area contributed by atoms with Crippen molar-refractivity contribution in [2.45, 2.75) is 25.2 Å². The highest BCUT2D eigenvalue weighted by Gasteiger charge is 2.32. The van der Waals surface area contributed by atoms with Gasteiger partial charge in [0.1, 0.15) is 0 Å². The van der Waals surface area contributed by atoms with E-state index in [4.69, 9.17) is 0 Å². The van der Waals surface area contributed by atoms with E-state index in [2.05, 4.69) is 150 Å². The fourth-order valence-corrected chi connectivity index (χ4v) is 8.94. The maximum absolute atomic E-state index is 3.80. The first kappa shape index (κ1) is 25.4. The van der Waals surface area contributed by atoms with E-state index in [1.54, 1.807) is 0 Å². The number of aromatic nitrogens is 1. The lowest BCUT2D eigenvalue weighted by Gasteiger charge is -2.29. The molecule has 0 radical (unpaired) electrons. The van der Waals surface area contributed by atoms with Crippen LogP contribution in [0.25, 0.3) is 82.6 Å². The zero-order valence-corrected chi connectivity index (χ0v) is 25.8.